The van der Waals surface area contributed by atoms with Crippen molar-refractivity contribution in [1.29, 1.82) is 0 Å². The van der Waals surface area contributed by atoms with E-state index in [1.54, 1.807) is 0 Å². The predicted octanol–water partition coefficient (Wildman–Crippen LogP) is 3.45. The molecule has 0 aliphatic heterocycles. The van der Waals surface area contributed by atoms with Gasteiger partial charge in [0.25, 0.3) is 0 Å². The summed E-state index contributed by atoms with van der Waals surface area (Å²) in [5.41, 5.74) is 2.61. The Bertz CT molecular complexity index is 371. The molecule has 0 fully saturated rings. The number of rotatable bonds is 1. The van der Waals surface area contributed by atoms with Gasteiger partial charge in [-0.15, -0.1) is 0 Å². The molecule has 1 aliphatic rings. The summed E-state index contributed by atoms with van der Waals surface area (Å²) < 4.78 is 0. The Kier molecular flexibility index (Phi) is 2.24. The molecule has 1 aliphatic carbocycles. The molecule has 1 nitrogen and oxygen atoms in total. The molecule has 2 rings (SSSR count). The van der Waals surface area contributed by atoms with Gasteiger partial charge in [-0.1, -0.05) is 38.1 Å². The van der Waals surface area contributed by atoms with Crippen LogP contribution >= 0.6 is 0 Å². The lowest BCUT2D eigenvalue weighted by Crippen LogP contribution is -2.08. The van der Waals surface area contributed by atoms with Crippen molar-refractivity contribution < 1.29 is 0 Å². The van der Waals surface area contributed by atoms with Gasteiger partial charge >= 0.3 is 0 Å². The molecule has 14 heavy (non-hydrogen) atoms. The van der Waals surface area contributed by atoms with E-state index in [9.17, 15) is 0 Å². The first kappa shape index (κ1) is 9.20. The molecule has 0 amide bonds. The van der Waals surface area contributed by atoms with Crippen LogP contribution in [0.3, 0.4) is 0 Å². The molecule has 1 heterocycles. The molecule has 0 N–H and O–H groups in total. The SMILES string of the molecule is CC1(C)C=CC(c2ccccn2)=CC1. The zero-order valence-electron chi connectivity index (χ0n) is 8.70. The van der Waals surface area contributed by atoms with Gasteiger partial charge in [0.2, 0.25) is 0 Å². The second-order valence-electron chi connectivity index (χ2n) is 4.40. The third-order valence-electron chi connectivity index (χ3n) is 2.52. The quantitative estimate of drug-likeness (QED) is 0.653. The highest BCUT2D eigenvalue weighted by atomic mass is 14.7. The smallest absolute Gasteiger partial charge is 0.0698 e. The molecule has 0 atom stereocenters. The summed E-state index contributed by atoms with van der Waals surface area (Å²) in [7, 11) is 0. The number of pyridine rings is 1. The maximum absolute atomic E-state index is 4.33. The van der Waals surface area contributed by atoms with Crippen LogP contribution in [0.2, 0.25) is 0 Å². The molecule has 1 aromatic rings. The Morgan fingerprint density at radius 3 is 2.71 bits per heavy atom. The van der Waals surface area contributed by atoms with Crippen LogP contribution in [0.15, 0.2) is 42.6 Å². The van der Waals surface area contributed by atoms with E-state index in [4.69, 9.17) is 0 Å². The number of hydrogen-bond donors (Lipinski definition) is 0. The third kappa shape index (κ3) is 1.92. The first-order valence-electron chi connectivity index (χ1n) is 4.98. The van der Waals surface area contributed by atoms with E-state index >= 15 is 0 Å². The Balaban J connectivity index is 2.25. The van der Waals surface area contributed by atoms with Crippen molar-refractivity contribution in [3.63, 3.8) is 0 Å². The number of allylic oxidation sites excluding steroid dienone is 4. The highest BCUT2D eigenvalue weighted by Crippen LogP contribution is 2.31. The Morgan fingerprint density at radius 1 is 1.29 bits per heavy atom. The van der Waals surface area contributed by atoms with Gasteiger partial charge in [0, 0.05) is 6.20 Å². The van der Waals surface area contributed by atoms with Crippen molar-refractivity contribution in [2.75, 3.05) is 0 Å². The fourth-order valence-corrected chi connectivity index (χ4v) is 1.55. The van der Waals surface area contributed by atoms with Gasteiger partial charge in [-0.05, 0) is 29.5 Å². The van der Waals surface area contributed by atoms with Crippen molar-refractivity contribution in [1.82, 2.24) is 4.98 Å². The average molecular weight is 185 g/mol. The molecule has 0 aromatic carbocycles. The highest BCUT2D eigenvalue weighted by Gasteiger charge is 2.16. The molecule has 0 unspecified atom stereocenters. The summed E-state index contributed by atoms with van der Waals surface area (Å²) in [6.07, 6.45) is 9.63. The largest absolute Gasteiger partial charge is 0.256 e. The summed E-state index contributed by atoms with van der Waals surface area (Å²) in [5.74, 6) is 0. The predicted molar refractivity (Wildman–Crippen MR) is 59.8 cm³/mol. The second kappa shape index (κ2) is 3.41. The zero-order valence-corrected chi connectivity index (χ0v) is 8.70. The van der Waals surface area contributed by atoms with Crippen molar-refractivity contribution in [3.8, 4) is 0 Å². The van der Waals surface area contributed by atoms with E-state index in [0.29, 0.717) is 5.41 Å². The molecule has 0 saturated heterocycles. The zero-order chi connectivity index (χ0) is 10.0. The van der Waals surface area contributed by atoms with Crippen LogP contribution in [0.5, 0.6) is 0 Å². The summed E-state index contributed by atoms with van der Waals surface area (Å²) in [4.78, 5) is 4.33. The van der Waals surface area contributed by atoms with E-state index in [0.717, 1.165) is 12.1 Å². The normalized spacial score (nSPS) is 19.1. The molecule has 0 saturated carbocycles. The Labute approximate surface area is 85.2 Å². The van der Waals surface area contributed by atoms with E-state index in [2.05, 4.69) is 43.1 Å². The van der Waals surface area contributed by atoms with E-state index < -0.39 is 0 Å². The Morgan fingerprint density at radius 2 is 2.14 bits per heavy atom. The molecule has 1 heteroatoms. The number of aromatic nitrogens is 1. The lowest BCUT2D eigenvalue weighted by atomic mass is 9.83. The van der Waals surface area contributed by atoms with Gasteiger partial charge in [0.1, 0.15) is 0 Å². The summed E-state index contributed by atoms with van der Waals surface area (Å²) in [6.45, 7) is 4.49. The Hall–Kier alpha value is -1.37. The first-order valence-corrected chi connectivity index (χ1v) is 4.98. The standard InChI is InChI=1S/C13H15N/c1-13(2)8-6-11(7-9-13)12-5-3-4-10-14-12/h3-8,10H,9H2,1-2H3. The molecule has 1 aromatic heterocycles. The van der Waals surface area contributed by atoms with Crippen LogP contribution < -0.4 is 0 Å². The lowest BCUT2D eigenvalue weighted by Gasteiger charge is -2.22. The van der Waals surface area contributed by atoms with Crippen LogP contribution in [0.25, 0.3) is 5.57 Å². The summed E-state index contributed by atoms with van der Waals surface area (Å²) in [6, 6.07) is 6.02. The maximum atomic E-state index is 4.33. The van der Waals surface area contributed by atoms with Gasteiger partial charge in [0.15, 0.2) is 0 Å². The van der Waals surface area contributed by atoms with Crippen molar-refractivity contribution in [3.05, 3.63) is 48.3 Å². The van der Waals surface area contributed by atoms with Crippen molar-refractivity contribution >= 4 is 5.57 Å². The minimum absolute atomic E-state index is 0.304. The monoisotopic (exact) mass is 185 g/mol. The minimum atomic E-state index is 0.304. The topological polar surface area (TPSA) is 12.9 Å². The molecule has 0 bridgehead atoms. The van der Waals surface area contributed by atoms with Crippen LogP contribution in [0.1, 0.15) is 26.0 Å². The van der Waals surface area contributed by atoms with Gasteiger partial charge in [-0.25, -0.2) is 0 Å². The van der Waals surface area contributed by atoms with Gasteiger partial charge in [-0.2, -0.15) is 0 Å². The highest BCUT2D eigenvalue weighted by molar-refractivity contribution is 5.72. The van der Waals surface area contributed by atoms with E-state index in [-0.39, 0.29) is 0 Å². The van der Waals surface area contributed by atoms with Crippen LogP contribution in [0.4, 0.5) is 0 Å². The van der Waals surface area contributed by atoms with Crippen molar-refractivity contribution in [2.45, 2.75) is 20.3 Å². The second-order valence-corrected chi connectivity index (χ2v) is 4.40. The van der Waals surface area contributed by atoms with Gasteiger partial charge in [0.05, 0.1) is 5.69 Å². The average Bonchev–Trinajstić information content (AvgIpc) is 2.19. The van der Waals surface area contributed by atoms with Crippen LogP contribution in [0, 0.1) is 5.41 Å². The van der Waals surface area contributed by atoms with Crippen LogP contribution in [-0.4, -0.2) is 4.98 Å². The fraction of sp³-hybridized carbons (Fsp3) is 0.308. The van der Waals surface area contributed by atoms with E-state index in [1.165, 1.54) is 5.57 Å². The van der Waals surface area contributed by atoms with Gasteiger partial charge in [-0.3, -0.25) is 4.98 Å². The third-order valence-corrected chi connectivity index (χ3v) is 2.52. The first-order chi connectivity index (χ1) is 6.67. The molecule has 0 spiro atoms. The summed E-state index contributed by atoms with van der Waals surface area (Å²) in [5, 5.41) is 0. The lowest BCUT2D eigenvalue weighted by molar-refractivity contribution is 0.485. The van der Waals surface area contributed by atoms with Crippen molar-refractivity contribution in [2.24, 2.45) is 5.41 Å². The number of hydrogen-bond acceptors (Lipinski definition) is 1. The van der Waals surface area contributed by atoms with E-state index in [1.807, 2.05) is 18.3 Å². The molecule has 72 valence electrons. The molecular formula is C13H15N. The number of nitrogens with zero attached hydrogens (tertiary/aromatic N) is 1. The maximum Gasteiger partial charge on any atom is 0.0698 e. The van der Waals surface area contributed by atoms with Gasteiger partial charge < -0.3 is 0 Å². The molecule has 0 radical (unpaired) electrons. The minimum Gasteiger partial charge on any atom is -0.256 e. The molecular weight excluding hydrogens is 170 g/mol. The van der Waals surface area contributed by atoms with Crippen LogP contribution in [-0.2, 0) is 0 Å². The summed E-state index contributed by atoms with van der Waals surface area (Å²) >= 11 is 0. The fourth-order valence-electron chi connectivity index (χ4n) is 1.55.